The molecule has 1 N–H and O–H groups in total. The standard InChI is InChI=1S/C21H32O4/c1-14(2)18-10-9-15(3)7-6-8-16(4)12-21(23)13-17(20(22)24-5)11-19(18)25-21/h7,11,13-14,16,18,23H,6,8-10,12H2,1-5H3/b15-7-/t16-,18-,21-/m0/s1. The third-order valence-electron chi connectivity index (χ3n) is 5.21. The average Bonchev–Trinajstić information content (AvgIpc) is 2.52. The van der Waals surface area contributed by atoms with Gasteiger partial charge in [0, 0.05) is 18.4 Å². The Hall–Kier alpha value is -1.55. The fourth-order valence-corrected chi connectivity index (χ4v) is 3.72. The van der Waals surface area contributed by atoms with Crippen molar-refractivity contribution in [2.75, 3.05) is 7.11 Å². The zero-order valence-corrected chi connectivity index (χ0v) is 16.2. The maximum absolute atomic E-state index is 12.1. The molecule has 2 bridgehead atoms. The summed E-state index contributed by atoms with van der Waals surface area (Å²) >= 11 is 0. The van der Waals surface area contributed by atoms with Crippen LogP contribution >= 0.6 is 0 Å². The van der Waals surface area contributed by atoms with Gasteiger partial charge in [-0.25, -0.2) is 4.79 Å². The first-order valence-corrected chi connectivity index (χ1v) is 9.34. The van der Waals surface area contributed by atoms with E-state index in [1.165, 1.54) is 18.8 Å². The molecule has 0 aromatic carbocycles. The second-order valence-electron chi connectivity index (χ2n) is 7.91. The molecule has 4 nitrogen and oxygen atoms in total. The highest BCUT2D eigenvalue weighted by Gasteiger charge is 2.37. The van der Waals surface area contributed by atoms with Gasteiger partial charge < -0.3 is 14.6 Å². The molecule has 0 aliphatic carbocycles. The predicted molar refractivity (Wildman–Crippen MR) is 98.6 cm³/mol. The van der Waals surface area contributed by atoms with E-state index in [-0.39, 0.29) is 11.8 Å². The molecule has 3 atom stereocenters. The molecule has 25 heavy (non-hydrogen) atoms. The van der Waals surface area contributed by atoms with Crippen LogP contribution in [0.4, 0.5) is 0 Å². The number of hydrogen-bond acceptors (Lipinski definition) is 4. The van der Waals surface area contributed by atoms with Crippen molar-refractivity contribution in [2.45, 2.75) is 65.6 Å². The lowest BCUT2D eigenvalue weighted by Gasteiger charge is -2.37. The molecule has 140 valence electrons. The number of carbonyl (C=O) groups excluding carboxylic acids is 1. The minimum Gasteiger partial charge on any atom is -0.465 e. The minimum atomic E-state index is -1.45. The average molecular weight is 348 g/mol. The number of ether oxygens (including phenoxy) is 2. The molecule has 2 heterocycles. The second-order valence-corrected chi connectivity index (χ2v) is 7.91. The summed E-state index contributed by atoms with van der Waals surface area (Å²) in [5.74, 6) is -0.407. The van der Waals surface area contributed by atoms with E-state index in [1.807, 2.05) is 0 Å². The number of esters is 1. The number of rotatable bonds is 2. The molecule has 0 aromatic rings. The molecule has 4 heteroatoms. The van der Waals surface area contributed by atoms with Crippen LogP contribution in [0.25, 0.3) is 0 Å². The molecule has 2 aliphatic rings. The monoisotopic (exact) mass is 348 g/mol. The van der Waals surface area contributed by atoms with Crippen LogP contribution in [0, 0.1) is 17.8 Å². The maximum Gasteiger partial charge on any atom is 0.337 e. The minimum absolute atomic E-state index is 0.151. The summed E-state index contributed by atoms with van der Waals surface area (Å²) in [7, 11) is 1.36. The molecule has 0 fully saturated rings. The molecule has 0 unspecified atom stereocenters. The van der Waals surface area contributed by atoms with Crippen molar-refractivity contribution in [1.29, 1.82) is 0 Å². The van der Waals surface area contributed by atoms with E-state index < -0.39 is 11.8 Å². The number of allylic oxidation sites excluding steroid dienone is 3. The van der Waals surface area contributed by atoms with Gasteiger partial charge in [-0.3, -0.25) is 0 Å². The first kappa shape index (κ1) is 19.8. The molecular formula is C21H32O4. The summed E-state index contributed by atoms with van der Waals surface area (Å²) in [5, 5.41) is 11.1. The smallest absolute Gasteiger partial charge is 0.337 e. The molecule has 0 saturated carbocycles. The third kappa shape index (κ3) is 5.21. The van der Waals surface area contributed by atoms with Crippen molar-refractivity contribution in [3.8, 4) is 0 Å². The Morgan fingerprint density at radius 1 is 1.40 bits per heavy atom. The molecule has 0 radical (unpaired) electrons. The molecule has 2 aliphatic heterocycles. The number of methoxy groups -OCH3 is 1. The highest BCUT2D eigenvalue weighted by atomic mass is 16.6. The van der Waals surface area contributed by atoms with Gasteiger partial charge in [0.05, 0.1) is 12.7 Å². The number of fused-ring (bicyclic) bond motifs is 2. The van der Waals surface area contributed by atoms with E-state index in [4.69, 9.17) is 9.47 Å². The Labute approximate surface area is 151 Å². The highest BCUT2D eigenvalue weighted by Crippen LogP contribution is 2.38. The van der Waals surface area contributed by atoms with Crippen LogP contribution in [0.3, 0.4) is 0 Å². The van der Waals surface area contributed by atoms with Gasteiger partial charge in [0.1, 0.15) is 5.76 Å². The van der Waals surface area contributed by atoms with E-state index >= 15 is 0 Å². The molecule has 0 amide bonds. The topological polar surface area (TPSA) is 55.8 Å². The third-order valence-corrected chi connectivity index (χ3v) is 5.21. The van der Waals surface area contributed by atoms with Crippen molar-refractivity contribution < 1.29 is 19.4 Å². The summed E-state index contributed by atoms with van der Waals surface area (Å²) in [6, 6.07) is 0. The lowest BCUT2D eigenvalue weighted by Crippen LogP contribution is -2.37. The lowest BCUT2D eigenvalue weighted by molar-refractivity contribution is -0.163. The van der Waals surface area contributed by atoms with Crippen molar-refractivity contribution in [1.82, 2.24) is 0 Å². The fourth-order valence-electron chi connectivity index (χ4n) is 3.72. The highest BCUT2D eigenvalue weighted by molar-refractivity contribution is 5.92. The zero-order valence-electron chi connectivity index (χ0n) is 16.2. The molecule has 0 spiro atoms. The molecule has 2 rings (SSSR count). The SMILES string of the molecule is COC(=O)C1=C[C@]2(O)C[C@@H](C)CC/C=C(/C)CC[C@@H](C(C)C)C(=C1)O2. The first-order chi connectivity index (χ1) is 11.7. The van der Waals surface area contributed by atoms with Gasteiger partial charge in [-0.1, -0.05) is 32.4 Å². The molecule has 0 saturated heterocycles. The maximum atomic E-state index is 12.1. The van der Waals surface area contributed by atoms with E-state index in [2.05, 4.69) is 33.8 Å². The van der Waals surface area contributed by atoms with E-state index in [9.17, 15) is 9.90 Å². The van der Waals surface area contributed by atoms with Crippen LogP contribution in [0.2, 0.25) is 0 Å². The summed E-state index contributed by atoms with van der Waals surface area (Å²) < 4.78 is 10.9. The quantitative estimate of drug-likeness (QED) is 0.589. The number of hydrogen-bond donors (Lipinski definition) is 1. The van der Waals surface area contributed by atoms with E-state index in [1.54, 1.807) is 6.08 Å². The van der Waals surface area contributed by atoms with Crippen molar-refractivity contribution in [2.24, 2.45) is 17.8 Å². The normalized spacial score (nSPS) is 33.0. The Bertz CT molecular complexity index is 585. The lowest BCUT2D eigenvalue weighted by atomic mass is 9.84. The number of carbonyl (C=O) groups is 1. The predicted octanol–water partition coefficient (Wildman–Crippen LogP) is 4.51. The fraction of sp³-hybridized carbons (Fsp3) is 0.667. The second kappa shape index (κ2) is 8.22. The van der Waals surface area contributed by atoms with Crippen LogP contribution in [0.15, 0.2) is 35.1 Å². The summed E-state index contributed by atoms with van der Waals surface area (Å²) in [5.41, 5.74) is 1.78. The van der Waals surface area contributed by atoms with Gasteiger partial charge in [-0.2, -0.15) is 0 Å². The van der Waals surface area contributed by atoms with E-state index in [0.29, 0.717) is 23.7 Å². The van der Waals surface area contributed by atoms with Crippen molar-refractivity contribution in [3.63, 3.8) is 0 Å². The van der Waals surface area contributed by atoms with Crippen LogP contribution < -0.4 is 0 Å². The van der Waals surface area contributed by atoms with Gasteiger partial charge in [-0.15, -0.1) is 0 Å². The first-order valence-electron chi connectivity index (χ1n) is 9.34. The summed E-state index contributed by atoms with van der Waals surface area (Å²) in [6.45, 7) is 8.59. The van der Waals surface area contributed by atoms with Gasteiger partial charge >= 0.3 is 5.97 Å². The summed E-state index contributed by atoms with van der Waals surface area (Å²) in [6.07, 6.45) is 9.97. The molecule has 0 aromatic heterocycles. The Morgan fingerprint density at radius 2 is 2.12 bits per heavy atom. The van der Waals surface area contributed by atoms with Crippen LogP contribution in [0.1, 0.15) is 59.8 Å². The number of aliphatic hydroxyl groups is 1. The zero-order chi connectivity index (χ0) is 18.6. The largest absolute Gasteiger partial charge is 0.465 e. The van der Waals surface area contributed by atoms with Crippen LogP contribution in [-0.4, -0.2) is 24.0 Å². The van der Waals surface area contributed by atoms with Gasteiger partial charge in [0.15, 0.2) is 0 Å². The summed E-state index contributed by atoms with van der Waals surface area (Å²) in [4.78, 5) is 12.1. The van der Waals surface area contributed by atoms with Crippen LogP contribution in [-0.2, 0) is 14.3 Å². The van der Waals surface area contributed by atoms with Crippen molar-refractivity contribution in [3.05, 3.63) is 35.1 Å². The molecular weight excluding hydrogens is 316 g/mol. The van der Waals surface area contributed by atoms with Gasteiger partial charge in [0.25, 0.3) is 0 Å². The van der Waals surface area contributed by atoms with Gasteiger partial charge in [-0.05, 0) is 50.5 Å². The Balaban J connectivity index is 2.44. The Morgan fingerprint density at radius 3 is 2.76 bits per heavy atom. The van der Waals surface area contributed by atoms with Crippen molar-refractivity contribution >= 4 is 5.97 Å². The Kier molecular flexibility index (Phi) is 6.50. The van der Waals surface area contributed by atoms with E-state index in [0.717, 1.165) is 25.7 Å². The van der Waals surface area contributed by atoms with Gasteiger partial charge in [0.2, 0.25) is 5.79 Å². The van der Waals surface area contributed by atoms with Crippen LogP contribution in [0.5, 0.6) is 0 Å².